The maximum Gasteiger partial charge on any atom is 0.0593 e. The topological polar surface area (TPSA) is 33.7 Å². The lowest BCUT2D eigenvalue weighted by molar-refractivity contribution is 0.0757. The van der Waals surface area contributed by atoms with E-state index < -0.39 is 0 Å². The summed E-state index contributed by atoms with van der Waals surface area (Å²) in [5, 5.41) is 3.52. The average molecular weight is 230 g/mol. The van der Waals surface area contributed by atoms with E-state index in [1.165, 1.54) is 6.42 Å². The van der Waals surface area contributed by atoms with Gasteiger partial charge in [-0.25, -0.2) is 0 Å². The number of nitrogens with one attached hydrogen (secondary N) is 1. The van der Waals surface area contributed by atoms with E-state index in [-0.39, 0.29) is 0 Å². The molecule has 1 N–H and O–H groups in total. The highest BCUT2D eigenvalue weighted by Gasteiger charge is 2.16. The molecule has 0 aromatic rings. The molecule has 1 aliphatic rings. The first kappa shape index (κ1) is 13.9. The Kier molecular flexibility index (Phi) is 7.76. The molecule has 0 amide bonds. The summed E-state index contributed by atoms with van der Waals surface area (Å²) in [5.74, 6) is 0. The summed E-state index contributed by atoms with van der Waals surface area (Å²) in [5.41, 5.74) is 0. The molecule has 1 unspecified atom stereocenters. The third-order valence-corrected chi connectivity index (χ3v) is 3.02. The van der Waals surface area contributed by atoms with Gasteiger partial charge in [0, 0.05) is 52.5 Å². The maximum absolute atomic E-state index is 5.57. The van der Waals surface area contributed by atoms with E-state index in [0.717, 1.165) is 52.4 Å². The van der Waals surface area contributed by atoms with Crippen molar-refractivity contribution in [1.82, 2.24) is 10.2 Å². The van der Waals surface area contributed by atoms with Crippen LogP contribution in [0.5, 0.6) is 0 Å². The van der Waals surface area contributed by atoms with Crippen LogP contribution in [0.2, 0.25) is 0 Å². The van der Waals surface area contributed by atoms with Crippen LogP contribution < -0.4 is 5.32 Å². The summed E-state index contributed by atoms with van der Waals surface area (Å²) >= 11 is 0. The lowest BCUT2D eigenvalue weighted by atomic mass is 10.1. The van der Waals surface area contributed by atoms with Crippen LogP contribution in [0.4, 0.5) is 0 Å². The van der Waals surface area contributed by atoms with Gasteiger partial charge in [0.1, 0.15) is 0 Å². The zero-order valence-electron chi connectivity index (χ0n) is 10.7. The van der Waals surface area contributed by atoms with Crippen molar-refractivity contribution in [3.63, 3.8) is 0 Å². The van der Waals surface area contributed by atoms with Crippen LogP contribution in [0, 0.1) is 0 Å². The fourth-order valence-electron chi connectivity index (χ4n) is 1.97. The van der Waals surface area contributed by atoms with Crippen molar-refractivity contribution in [2.24, 2.45) is 0 Å². The molecule has 4 heteroatoms. The molecule has 16 heavy (non-hydrogen) atoms. The van der Waals surface area contributed by atoms with Gasteiger partial charge in [-0.05, 0) is 12.8 Å². The van der Waals surface area contributed by atoms with E-state index in [9.17, 15) is 0 Å². The Balaban J connectivity index is 1.95. The fraction of sp³-hybridized carbons (Fsp3) is 1.00. The molecule has 1 aliphatic heterocycles. The molecular weight excluding hydrogens is 204 g/mol. The van der Waals surface area contributed by atoms with Crippen molar-refractivity contribution in [1.29, 1.82) is 0 Å². The second-order valence-electron chi connectivity index (χ2n) is 4.32. The minimum atomic E-state index is 0.669. The second kappa shape index (κ2) is 8.93. The smallest absolute Gasteiger partial charge is 0.0593 e. The molecule has 1 atom stereocenters. The van der Waals surface area contributed by atoms with Crippen molar-refractivity contribution >= 4 is 0 Å². The molecule has 0 saturated carbocycles. The third kappa shape index (κ3) is 5.80. The van der Waals surface area contributed by atoms with Crippen molar-refractivity contribution in [2.75, 3.05) is 53.1 Å². The first-order valence-corrected chi connectivity index (χ1v) is 6.39. The number of ether oxygens (including phenoxy) is 2. The Morgan fingerprint density at radius 2 is 2.19 bits per heavy atom. The SMILES string of the molecule is CCC1CN(CCOCCCOC)CCN1. The minimum Gasteiger partial charge on any atom is -0.385 e. The van der Waals surface area contributed by atoms with Gasteiger partial charge in [0.05, 0.1) is 6.61 Å². The number of nitrogens with zero attached hydrogens (tertiary/aromatic N) is 1. The Hall–Kier alpha value is -0.160. The van der Waals surface area contributed by atoms with Crippen LogP contribution in [0.1, 0.15) is 19.8 Å². The van der Waals surface area contributed by atoms with E-state index in [4.69, 9.17) is 9.47 Å². The largest absolute Gasteiger partial charge is 0.385 e. The Labute approximate surface area is 99.3 Å². The van der Waals surface area contributed by atoms with E-state index in [2.05, 4.69) is 17.1 Å². The Morgan fingerprint density at radius 3 is 2.94 bits per heavy atom. The molecule has 0 aromatic heterocycles. The number of hydrogen-bond donors (Lipinski definition) is 1. The molecule has 4 nitrogen and oxygen atoms in total. The van der Waals surface area contributed by atoms with Crippen LogP contribution >= 0.6 is 0 Å². The standard InChI is InChI=1S/C12H26N2O2/c1-3-12-11-14(6-5-13-12)7-10-16-9-4-8-15-2/h12-13H,3-11H2,1-2H3. The average Bonchev–Trinajstić information content (AvgIpc) is 2.34. The molecule has 0 radical (unpaired) electrons. The second-order valence-corrected chi connectivity index (χ2v) is 4.32. The van der Waals surface area contributed by atoms with Gasteiger partial charge in [-0.15, -0.1) is 0 Å². The molecular formula is C12H26N2O2. The van der Waals surface area contributed by atoms with Crippen molar-refractivity contribution in [3.8, 4) is 0 Å². The van der Waals surface area contributed by atoms with Crippen LogP contribution in [0.3, 0.4) is 0 Å². The first-order valence-electron chi connectivity index (χ1n) is 6.39. The van der Waals surface area contributed by atoms with Crippen LogP contribution in [-0.2, 0) is 9.47 Å². The van der Waals surface area contributed by atoms with Gasteiger partial charge in [-0.3, -0.25) is 4.90 Å². The molecule has 1 heterocycles. The summed E-state index contributed by atoms with van der Waals surface area (Å²) < 4.78 is 10.5. The van der Waals surface area contributed by atoms with Gasteiger partial charge in [0.15, 0.2) is 0 Å². The van der Waals surface area contributed by atoms with Gasteiger partial charge in [0.2, 0.25) is 0 Å². The van der Waals surface area contributed by atoms with Crippen LogP contribution in [-0.4, -0.2) is 64.1 Å². The van der Waals surface area contributed by atoms with Crippen LogP contribution in [0.25, 0.3) is 0 Å². The van der Waals surface area contributed by atoms with E-state index in [0.29, 0.717) is 6.04 Å². The summed E-state index contributed by atoms with van der Waals surface area (Å²) in [4.78, 5) is 2.49. The van der Waals surface area contributed by atoms with Gasteiger partial charge in [0.25, 0.3) is 0 Å². The minimum absolute atomic E-state index is 0.669. The number of rotatable bonds is 8. The molecule has 1 saturated heterocycles. The van der Waals surface area contributed by atoms with Gasteiger partial charge < -0.3 is 14.8 Å². The molecule has 0 spiro atoms. The zero-order chi connectivity index (χ0) is 11.6. The monoisotopic (exact) mass is 230 g/mol. The van der Waals surface area contributed by atoms with Crippen molar-refractivity contribution in [3.05, 3.63) is 0 Å². The quantitative estimate of drug-likeness (QED) is 0.623. The zero-order valence-corrected chi connectivity index (χ0v) is 10.7. The van der Waals surface area contributed by atoms with Crippen molar-refractivity contribution < 1.29 is 9.47 Å². The maximum atomic E-state index is 5.57. The lowest BCUT2D eigenvalue weighted by Gasteiger charge is -2.33. The first-order chi connectivity index (χ1) is 7.86. The highest BCUT2D eigenvalue weighted by Crippen LogP contribution is 2.01. The highest BCUT2D eigenvalue weighted by atomic mass is 16.5. The van der Waals surface area contributed by atoms with Gasteiger partial charge in [-0.1, -0.05) is 6.92 Å². The predicted octanol–water partition coefficient (Wildman–Crippen LogP) is 0.723. The summed E-state index contributed by atoms with van der Waals surface area (Å²) in [7, 11) is 1.73. The molecule has 0 aromatic carbocycles. The number of methoxy groups -OCH3 is 1. The summed E-state index contributed by atoms with van der Waals surface area (Å²) in [6.45, 7) is 9.19. The van der Waals surface area contributed by atoms with Crippen molar-refractivity contribution in [2.45, 2.75) is 25.8 Å². The van der Waals surface area contributed by atoms with E-state index in [1.54, 1.807) is 7.11 Å². The molecule has 0 bridgehead atoms. The van der Waals surface area contributed by atoms with Crippen LogP contribution in [0.15, 0.2) is 0 Å². The van der Waals surface area contributed by atoms with Gasteiger partial charge >= 0.3 is 0 Å². The lowest BCUT2D eigenvalue weighted by Crippen LogP contribution is -2.51. The molecule has 1 fully saturated rings. The van der Waals surface area contributed by atoms with Gasteiger partial charge in [-0.2, -0.15) is 0 Å². The molecule has 0 aliphatic carbocycles. The summed E-state index contributed by atoms with van der Waals surface area (Å²) in [6.07, 6.45) is 2.21. The number of piperazine rings is 1. The fourth-order valence-corrected chi connectivity index (χ4v) is 1.97. The number of hydrogen-bond acceptors (Lipinski definition) is 4. The summed E-state index contributed by atoms with van der Waals surface area (Å²) in [6, 6.07) is 0.669. The van der Waals surface area contributed by atoms with E-state index in [1.807, 2.05) is 0 Å². The Morgan fingerprint density at radius 1 is 1.31 bits per heavy atom. The molecule has 96 valence electrons. The Bertz CT molecular complexity index is 167. The third-order valence-electron chi connectivity index (χ3n) is 3.02. The molecule has 1 rings (SSSR count). The predicted molar refractivity (Wildman–Crippen MR) is 65.8 cm³/mol. The highest BCUT2D eigenvalue weighted by molar-refractivity contribution is 4.76. The normalized spacial score (nSPS) is 22.5. The van der Waals surface area contributed by atoms with E-state index >= 15 is 0 Å².